The van der Waals surface area contributed by atoms with Crippen molar-refractivity contribution < 1.29 is 19.4 Å². The van der Waals surface area contributed by atoms with E-state index >= 15 is 0 Å². The van der Waals surface area contributed by atoms with E-state index in [4.69, 9.17) is 9.84 Å². The van der Waals surface area contributed by atoms with Gasteiger partial charge in [-0.05, 0) is 35.2 Å². The smallest absolute Gasteiger partial charge is 0.335 e. The molecule has 0 saturated heterocycles. The number of carboxylic acid groups (broad SMARTS) is 1. The molecular weight excluding hydrogens is 318 g/mol. The Morgan fingerprint density at radius 2 is 1.88 bits per heavy atom. The Balaban J connectivity index is 1.62. The number of aromatic carboxylic acids is 1. The quantitative estimate of drug-likeness (QED) is 0.909. The van der Waals surface area contributed by atoms with Crippen LogP contribution in [-0.2, 0) is 22.5 Å². The number of carbonyl (C=O) groups excluding carboxylic acids is 1. The summed E-state index contributed by atoms with van der Waals surface area (Å²) in [6, 6.07) is 14.7. The molecule has 0 spiro atoms. The Hall–Kier alpha value is -2.66. The first kappa shape index (κ1) is 17.2. The minimum Gasteiger partial charge on any atom is -0.478 e. The summed E-state index contributed by atoms with van der Waals surface area (Å²) in [5, 5.41) is 8.93. The zero-order valence-electron chi connectivity index (χ0n) is 14.1. The number of hydrogen-bond acceptors (Lipinski definition) is 3. The van der Waals surface area contributed by atoms with Gasteiger partial charge in [-0.3, -0.25) is 4.79 Å². The van der Waals surface area contributed by atoms with Crippen LogP contribution in [0.2, 0.25) is 0 Å². The van der Waals surface area contributed by atoms with E-state index in [0.29, 0.717) is 19.6 Å². The van der Waals surface area contributed by atoms with Crippen LogP contribution in [0.25, 0.3) is 0 Å². The van der Waals surface area contributed by atoms with Crippen LogP contribution in [0.1, 0.15) is 39.6 Å². The fraction of sp³-hybridized carbons (Fsp3) is 0.300. The van der Waals surface area contributed by atoms with Gasteiger partial charge in [0.2, 0.25) is 5.91 Å². The maximum atomic E-state index is 12.6. The molecule has 0 aliphatic carbocycles. The van der Waals surface area contributed by atoms with Crippen LogP contribution in [0.3, 0.4) is 0 Å². The number of ether oxygens (including phenoxy) is 1. The van der Waals surface area contributed by atoms with Crippen molar-refractivity contribution in [2.75, 3.05) is 13.7 Å². The van der Waals surface area contributed by atoms with Crippen LogP contribution in [-0.4, -0.2) is 35.5 Å². The van der Waals surface area contributed by atoms with E-state index in [9.17, 15) is 9.59 Å². The Morgan fingerprint density at radius 3 is 2.60 bits per heavy atom. The van der Waals surface area contributed by atoms with Gasteiger partial charge in [0.25, 0.3) is 0 Å². The van der Waals surface area contributed by atoms with Gasteiger partial charge in [-0.15, -0.1) is 0 Å². The Bertz CT molecular complexity index is 770. The highest BCUT2D eigenvalue weighted by Gasteiger charge is 2.24. The van der Waals surface area contributed by atoms with E-state index < -0.39 is 5.97 Å². The first-order valence-electron chi connectivity index (χ1n) is 8.30. The standard InChI is InChI=1S/C20H21NO4/c1-21(13-14-6-8-16(9-7-14)20(23)24)19(22)12-18-17-5-3-2-4-15(17)10-11-25-18/h2-9,18H,10-13H2,1H3,(H,23,24). The molecule has 0 aromatic heterocycles. The van der Waals surface area contributed by atoms with Crippen LogP contribution in [0, 0.1) is 0 Å². The number of fused-ring (bicyclic) bond motifs is 1. The monoisotopic (exact) mass is 339 g/mol. The van der Waals surface area contributed by atoms with Crippen LogP contribution < -0.4 is 0 Å². The zero-order chi connectivity index (χ0) is 17.8. The van der Waals surface area contributed by atoms with Crippen molar-refractivity contribution in [1.82, 2.24) is 4.90 Å². The third-order valence-electron chi connectivity index (χ3n) is 4.50. The lowest BCUT2D eigenvalue weighted by atomic mass is 9.95. The molecule has 1 unspecified atom stereocenters. The van der Waals surface area contributed by atoms with Crippen LogP contribution in [0.5, 0.6) is 0 Å². The molecule has 130 valence electrons. The lowest BCUT2D eigenvalue weighted by Crippen LogP contribution is -2.29. The molecule has 0 radical (unpaired) electrons. The zero-order valence-corrected chi connectivity index (χ0v) is 14.1. The predicted molar refractivity (Wildman–Crippen MR) is 93.3 cm³/mol. The molecule has 1 N–H and O–H groups in total. The fourth-order valence-electron chi connectivity index (χ4n) is 3.07. The van der Waals surface area contributed by atoms with Gasteiger partial charge < -0.3 is 14.7 Å². The lowest BCUT2D eigenvalue weighted by molar-refractivity contribution is -0.133. The largest absolute Gasteiger partial charge is 0.478 e. The van der Waals surface area contributed by atoms with Crippen molar-refractivity contribution in [2.45, 2.75) is 25.5 Å². The van der Waals surface area contributed by atoms with Crippen molar-refractivity contribution in [2.24, 2.45) is 0 Å². The van der Waals surface area contributed by atoms with E-state index in [-0.39, 0.29) is 17.6 Å². The number of rotatable bonds is 5. The lowest BCUT2D eigenvalue weighted by Gasteiger charge is -2.27. The summed E-state index contributed by atoms with van der Waals surface area (Å²) < 4.78 is 5.80. The van der Waals surface area contributed by atoms with E-state index in [1.54, 1.807) is 36.2 Å². The second-order valence-corrected chi connectivity index (χ2v) is 6.26. The highest BCUT2D eigenvalue weighted by molar-refractivity contribution is 5.87. The molecule has 0 bridgehead atoms. The summed E-state index contributed by atoms with van der Waals surface area (Å²) in [5.41, 5.74) is 3.48. The van der Waals surface area contributed by atoms with Gasteiger partial charge in [0.05, 0.1) is 24.7 Å². The number of benzene rings is 2. The van der Waals surface area contributed by atoms with Gasteiger partial charge in [0.15, 0.2) is 0 Å². The fourth-order valence-corrected chi connectivity index (χ4v) is 3.07. The van der Waals surface area contributed by atoms with Gasteiger partial charge in [-0.2, -0.15) is 0 Å². The molecule has 5 heteroatoms. The predicted octanol–water partition coefficient (Wildman–Crippen LogP) is 3.05. The molecule has 2 aromatic carbocycles. The first-order valence-corrected chi connectivity index (χ1v) is 8.30. The van der Waals surface area contributed by atoms with Crippen molar-refractivity contribution in [3.05, 3.63) is 70.8 Å². The Kier molecular flexibility index (Phi) is 5.14. The van der Waals surface area contributed by atoms with Crippen LogP contribution in [0.15, 0.2) is 48.5 Å². The summed E-state index contributed by atoms with van der Waals surface area (Å²) in [6.07, 6.45) is 0.988. The van der Waals surface area contributed by atoms with Crippen LogP contribution >= 0.6 is 0 Å². The number of carboxylic acids is 1. The van der Waals surface area contributed by atoms with Crippen molar-refractivity contribution in [1.29, 1.82) is 0 Å². The molecule has 5 nitrogen and oxygen atoms in total. The van der Waals surface area contributed by atoms with E-state index in [1.807, 2.05) is 18.2 Å². The second kappa shape index (κ2) is 7.49. The van der Waals surface area contributed by atoms with Crippen molar-refractivity contribution >= 4 is 11.9 Å². The van der Waals surface area contributed by atoms with Gasteiger partial charge >= 0.3 is 5.97 Å². The molecule has 1 atom stereocenters. The molecule has 1 aliphatic rings. The summed E-state index contributed by atoms with van der Waals surface area (Å²) in [7, 11) is 1.75. The third-order valence-corrected chi connectivity index (χ3v) is 4.50. The summed E-state index contributed by atoms with van der Waals surface area (Å²) >= 11 is 0. The molecule has 25 heavy (non-hydrogen) atoms. The highest BCUT2D eigenvalue weighted by Crippen LogP contribution is 2.30. The molecular formula is C20H21NO4. The maximum absolute atomic E-state index is 12.6. The topological polar surface area (TPSA) is 66.8 Å². The maximum Gasteiger partial charge on any atom is 0.335 e. The minimum absolute atomic E-state index is 0.00372. The number of hydrogen-bond donors (Lipinski definition) is 1. The average molecular weight is 339 g/mol. The molecule has 3 rings (SSSR count). The van der Waals surface area contributed by atoms with E-state index in [0.717, 1.165) is 17.5 Å². The first-order chi connectivity index (χ1) is 12.0. The van der Waals surface area contributed by atoms with Crippen molar-refractivity contribution in [3.8, 4) is 0 Å². The average Bonchev–Trinajstić information content (AvgIpc) is 2.62. The van der Waals surface area contributed by atoms with Gasteiger partial charge in [-0.1, -0.05) is 36.4 Å². The number of carbonyl (C=O) groups is 2. The molecule has 1 heterocycles. The Labute approximate surface area is 146 Å². The normalized spacial score (nSPS) is 16.1. The summed E-state index contributed by atoms with van der Waals surface area (Å²) in [6.45, 7) is 1.07. The Morgan fingerprint density at radius 1 is 1.16 bits per heavy atom. The molecule has 2 aromatic rings. The summed E-state index contributed by atoms with van der Waals surface area (Å²) in [4.78, 5) is 25.1. The minimum atomic E-state index is -0.955. The van der Waals surface area contributed by atoms with E-state index in [1.165, 1.54) is 5.56 Å². The molecule has 1 amide bonds. The second-order valence-electron chi connectivity index (χ2n) is 6.26. The number of amides is 1. The SMILES string of the molecule is CN(Cc1ccc(C(=O)O)cc1)C(=O)CC1OCCc2ccccc21. The van der Waals surface area contributed by atoms with E-state index in [2.05, 4.69) is 6.07 Å². The van der Waals surface area contributed by atoms with Crippen molar-refractivity contribution in [3.63, 3.8) is 0 Å². The highest BCUT2D eigenvalue weighted by atomic mass is 16.5. The summed E-state index contributed by atoms with van der Waals surface area (Å²) in [5.74, 6) is -0.951. The van der Waals surface area contributed by atoms with Crippen LogP contribution in [0.4, 0.5) is 0 Å². The number of nitrogens with zero attached hydrogens (tertiary/aromatic N) is 1. The third kappa shape index (κ3) is 4.06. The van der Waals surface area contributed by atoms with Gasteiger partial charge in [-0.25, -0.2) is 4.79 Å². The molecule has 1 aliphatic heterocycles. The molecule has 0 fully saturated rings. The van der Waals surface area contributed by atoms with Gasteiger partial charge in [0.1, 0.15) is 0 Å². The molecule has 0 saturated carbocycles. The van der Waals surface area contributed by atoms with Gasteiger partial charge in [0, 0.05) is 13.6 Å².